The van der Waals surface area contributed by atoms with Crippen molar-refractivity contribution in [2.75, 3.05) is 0 Å². The molecule has 232 valence electrons. The Labute approximate surface area is 285 Å². The number of hydrogen-bond acceptors (Lipinski definition) is 4. The van der Waals surface area contributed by atoms with Crippen LogP contribution in [0.4, 0.5) is 0 Å². The monoisotopic (exact) mass is 638 g/mol. The second-order valence-electron chi connectivity index (χ2n) is 12.8. The van der Waals surface area contributed by atoms with E-state index in [9.17, 15) is 0 Å². The first-order valence-electron chi connectivity index (χ1n) is 16.8. The van der Waals surface area contributed by atoms with Crippen LogP contribution in [0.5, 0.6) is 0 Å². The number of fused-ring (bicyclic) bond motifs is 13. The van der Waals surface area contributed by atoms with E-state index in [-0.39, 0.29) is 0 Å². The van der Waals surface area contributed by atoms with Crippen molar-refractivity contribution in [3.8, 4) is 17.1 Å². The summed E-state index contributed by atoms with van der Waals surface area (Å²) < 4.78 is 8.76. The summed E-state index contributed by atoms with van der Waals surface area (Å²) in [7, 11) is 0. The maximum atomic E-state index is 6.44. The predicted molar refractivity (Wildman–Crippen MR) is 206 cm³/mol. The molecule has 0 saturated carbocycles. The van der Waals surface area contributed by atoms with E-state index in [1.807, 2.05) is 12.1 Å². The molecule has 50 heavy (non-hydrogen) atoms. The minimum absolute atomic E-state index is 0.606. The molecule has 4 heterocycles. The molecule has 0 amide bonds. The van der Waals surface area contributed by atoms with Crippen LogP contribution in [-0.2, 0) is 0 Å². The van der Waals surface area contributed by atoms with Crippen molar-refractivity contribution in [1.82, 2.24) is 19.5 Å². The average Bonchev–Trinajstić information content (AvgIpc) is 3.73. The lowest BCUT2D eigenvalue weighted by atomic mass is 10.0. The Hall–Kier alpha value is -6.85. The Kier molecular flexibility index (Phi) is 5.60. The lowest BCUT2D eigenvalue weighted by Crippen LogP contribution is -1.96. The fraction of sp³-hybridized carbons (Fsp3) is 0. The molecule has 0 saturated heterocycles. The third kappa shape index (κ3) is 3.92. The summed E-state index contributed by atoms with van der Waals surface area (Å²) in [5.41, 5.74) is 7.14. The molecule has 0 aliphatic rings. The Bertz CT molecular complexity index is 3210. The second kappa shape index (κ2) is 10.3. The van der Waals surface area contributed by atoms with Crippen molar-refractivity contribution in [3.05, 3.63) is 158 Å². The summed E-state index contributed by atoms with van der Waals surface area (Å²) >= 11 is 0. The SMILES string of the molecule is c1ccc(-n2c3ccccc3c3c(-c4nc5nc(n4)c4cccc6oc7ccc(cc7c64)c4ccccc4c4cccc5c4)cccc32)cc1. The molecular weight excluding hydrogens is 613 g/mol. The number of nitrogens with zero attached hydrogens (tertiary/aromatic N) is 4. The topological polar surface area (TPSA) is 56.7 Å². The largest absolute Gasteiger partial charge is 0.456 e. The van der Waals surface area contributed by atoms with Gasteiger partial charge in [0.15, 0.2) is 17.1 Å². The quantitative estimate of drug-likeness (QED) is 0.189. The fourth-order valence-electron chi connectivity index (χ4n) is 7.80. The van der Waals surface area contributed by atoms with Crippen LogP contribution in [-0.4, -0.2) is 19.5 Å². The minimum Gasteiger partial charge on any atom is -0.456 e. The number of furan rings is 1. The van der Waals surface area contributed by atoms with Crippen LogP contribution < -0.4 is 0 Å². The van der Waals surface area contributed by atoms with Crippen molar-refractivity contribution in [1.29, 1.82) is 0 Å². The smallest absolute Gasteiger partial charge is 0.164 e. The zero-order valence-corrected chi connectivity index (χ0v) is 26.7. The van der Waals surface area contributed by atoms with E-state index in [4.69, 9.17) is 19.4 Å². The number of aromatic nitrogens is 4. The summed E-state index contributed by atoms with van der Waals surface area (Å²) in [5, 5.41) is 10.6. The first-order valence-corrected chi connectivity index (χ1v) is 16.8. The molecule has 0 fully saturated rings. The highest BCUT2D eigenvalue weighted by molar-refractivity contribution is 6.20. The highest BCUT2D eigenvalue weighted by Crippen LogP contribution is 2.39. The maximum Gasteiger partial charge on any atom is 0.164 e. The van der Waals surface area contributed by atoms with Gasteiger partial charge in [0.25, 0.3) is 0 Å². The van der Waals surface area contributed by atoms with Crippen molar-refractivity contribution >= 4 is 87.4 Å². The predicted octanol–water partition coefficient (Wildman–Crippen LogP) is 11.7. The molecule has 0 unspecified atom stereocenters. The molecule has 0 aliphatic carbocycles. The molecule has 0 aliphatic heterocycles. The van der Waals surface area contributed by atoms with Crippen LogP contribution in [0, 0.1) is 0 Å². The molecule has 4 aromatic heterocycles. The fourth-order valence-corrected chi connectivity index (χ4v) is 7.80. The maximum absolute atomic E-state index is 6.44. The first kappa shape index (κ1) is 27.1. The van der Waals surface area contributed by atoms with Crippen LogP contribution in [0.15, 0.2) is 162 Å². The van der Waals surface area contributed by atoms with Crippen LogP contribution in [0.1, 0.15) is 0 Å². The van der Waals surface area contributed by atoms with Crippen molar-refractivity contribution in [3.63, 3.8) is 0 Å². The lowest BCUT2D eigenvalue weighted by Gasteiger charge is -2.08. The van der Waals surface area contributed by atoms with Crippen LogP contribution in [0.25, 0.3) is 104 Å². The number of rotatable bonds is 2. The summed E-state index contributed by atoms with van der Waals surface area (Å²) in [5.74, 6) is 0.623. The van der Waals surface area contributed by atoms with E-state index >= 15 is 0 Å². The van der Waals surface area contributed by atoms with Gasteiger partial charge in [-0.2, -0.15) is 0 Å². The van der Waals surface area contributed by atoms with E-state index in [0.717, 1.165) is 87.3 Å². The highest BCUT2D eigenvalue weighted by atomic mass is 16.3. The molecule has 5 heteroatoms. The number of benzene rings is 7. The Morgan fingerprint density at radius 2 is 1.08 bits per heavy atom. The van der Waals surface area contributed by atoms with Gasteiger partial charge in [-0.15, -0.1) is 0 Å². The zero-order chi connectivity index (χ0) is 32.8. The van der Waals surface area contributed by atoms with E-state index in [0.29, 0.717) is 17.1 Å². The van der Waals surface area contributed by atoms with E-state index in [1.54, 1.807) is 0 Å². The molecule has 11 rings (SSSR count). The third-order valence-electron chi connectivity index (χ3n) is 9.99. The first-order chi connectivity index (χ1) is 24.8. The molecule has 11 aromatic rings. The Balaban J connectivity index is 1.35. The van der Waals surface area contributed by atoms with E-state index < -0.39 is 0 Å². The van der Waals surface area contributed by atoms with Gasteiger partial charge in [-0.25, -0.2) is 15.0 Å². The van der Waals surface area contributed by atoms with Crippen molar-refractivity contribution in [2.45, 2.75) is 0 Å². The minimum atomic E-state index is 0.606. The van der Waals surface area contributed by atoms with Gasteiger partial charge in [0.05, 0.1) is 11.0 Å². The Morgan fingerprint density at radius 3 is 1.96 bits per heavy atom. The lowest BCUT2D eigenvalue weighted by molar-refractivity contribution is 0.669. The standard InChI is InChI=1S/C45H26N4O/c1-2-13-30(14-3-1)49-37-20-7-6-17-33(37)41-34(18-9-21-38(41)49)44-46-43-29-12-8-11-27(25-29)31-15-4-5-16-32(31)28-23-24-39-36(26-28)42-35(45(47-43)48-44)19-10-22-40(42)50-39/h1-26H. The molecule has 0 atom stereocenters. The van der Waals surface area contributed by atoms with Gasteiger partial charge in [0.1, 0.15) is 11.2 Å². The van der Waals surface area contributed by atoms with Gasteiger partial charge in [-0.1, -0.05) is 109 Å². The molecule has 0 spiro atoms. The molecule has 5 nitrogen and oxygen atoms in total. The van der Waals surface area contributed by atoms with Crippen LogP contribution >= 0.6 is 0 Å². The number of hydrogen-bond donors (Lipinski definition) is 0. The molecule has 0 radical (unpaired) electrons. The normalized spacial score (nSPS) is 12.0. The summed E-state index contributed by atoms with van der Waals surface area (Å²) in [6.45, 7) is 0. The van der Waals surface area contributed by atoms with E-state index in [1.165, 1.54) is 0 Å². The molecule has 7 aromatic carbocycles. The van der Waals surface area contributed by atoms with Crippen LogP contribution in [0.3, 0.4) is 0 Å². The number of para-hydroxylation sites is 2. The zero-order valence-electron chi connectivity index (χ0n) is 26.7. The van der Waals surface area contributed by atoms with Crippen molar-refractivity contribution in [2.24, 2.45) is 0 Å². The third-order valence-corrected chi connectivity index (χ3v) is 9.99. The van der Waals surface area contributed by atoms with Gasteiger partial charge >= 0.3 is 0 Å². The van der Waals surface area contributed by atoms with Gasteiger partial charge in [0.2, 0.25) is 0 Å². The van der Waals surface area contributed by atoms with Gasteiger partial charge in [-0.05, 0) is 70.1 Å². The Morgan fingerprint density at radius 1 is 0.400 bits per heavy atom. The summed E-state index contributed by atoms with van der Waals surface area (Å²) in [6, 6.07) is 55.2. The second-order valence-corrected chi connectivity index (χ2v) is 12.8. The molecule has 0 N–H and O–H groups in total. The van der Waals surface area contributed by atoms with Gasteiger partial charge in [-0.3, -0.25) is 0 Å². The van der Waals surface area contributed by atoms with Gasteiger partial charge in [0, 0.05) is 43.6 Å². The molecule has 6 bridgehead atoms. The van der Waals surface area contributed by atoms with Crippen molar-refractivity contribution < 1.29 is 4.42 Å². The average molecular weight is 639 g/mol. The van der Waals surface area contributed by atoms with E-state index in [2.05, 4.69) is 150 Å². The summed E-state index contributed by atoms with van der Waals surface area (Å²) in [6.07, 6.45) is 0. The summed E-state index contributed by atoms with van der Waals surface area (Å²) in [4.78, 5) is 15.8. The van der Waals surface area contributed by atoms with Gasteiger partial charge < -0.3 is 8.98 Å². The molecular formula is C45H26N4O. The van der Waals surface area contributed by atoms with Crippen LogP contribution in [0.2, 0.25) is 0 Å². The highest BCUT2D eigenvalue weighted by Gasteiger charge is 2.19.